The highest BCUT2D eigenvalue weighted by Gasteiger charge is 2.15. The van der Waals surface area contributed by atoms with Crippen LogP contribution >= 0.6 is 11.3 Å². The van der Waals surface area contributed by atoms with E-state index in [1.165, 1.54) is 5.56 Å². The van der Waals surface area contributed by atoms with Crippen LogP contribution in [0.25, 0.3) is 20.8 Å². The molecule has 0 aliphatic heterocycles. The fourth-order valence-corrected chi connectivity index (χ4v) is 3.71. The number of rotatable bonds is 5. The molecule has 9 nitrogen and oxygen atoms in total. The number of amides is 1. The first-order chi connectivity index (χ1) is 13.5. The van der Waals surface area contributed by atoms with Crippen molar-refractivity contribution in [3.8, 4) is 10.6 Å². The van der Waals surface area contributed by atoms with E-state index in [2.05, 4.69) is 26.4 Å². The van der Waals surface area contributed by atoms with Gasteiger partial charge in [0, 0.05) is 16.3 Å². The highest BCUT2D eigenvalue weighted by molar-refractivity contribution is 7.21. The number of hydrogen-bond acceptors (Lipinski definition) is 7. The third kappa shape index (κ3) is 3.71. The Morgan fingerprint density at radius 1 is 1.25 bits per heavy atom. The first-order valence-corrected chi connectivity index (χ1v) is 9.11. The number of hydrogen-bond donors (Lipinski definition) is 1. The minimum Gasteiger partial charge on any atom is -0.390 e. The summed E-state index contributed by atoms with van der Waals surface area (Å²) in [4.78, 5) is 30.1. The maximum absolute atomic E-state index is 12.1. The van der Waals surface area contributed by atoms with E-state index >= 15 is 0 Å². The van der Waals surface area contributed by atoms with Crippen molar-refractivity contribution in [3.63, 3.8) is 0 Å². The lowest BCUT2D eigenvalue weighted by Crippen LogP contribution is -2.19. The van der Waals surface area contributed by atoms with Gasteiger partial charge in [-0.3, -0.25) is 4.79 Å². The standard InChI is InChI=1S/C18H14N6O3S/c1-11-2-7-14-15(8-11)28-17(21-14)12-3-5-13(6-4-12)20-16(25)9-23-10-19-18(22-23)24(26)27/h2-8,10H,9H2,1H3,(H,20,25). The molecule has 0 saturated heterocycles. The summed E-state index contributed by atoms with van der Waals surface area (Å²) < 4.78 is 2.25. The highest BCUT2D eigenvalue weighted by Crippen LogP contribution is 2.31. The molecule has 10 heteroatoms. The second kappa shape index (κ2) is 7.16. The number of aryl methyl sites for hydroxylation is 1. The Morgan fingerprint density at radius 3 is 2.75 bits per heavy atom. The van der Waals surface area contributed by atoms with Gasteiger partial charge in [0.1, 0.15) is 11.6 Å². The Bertz CT molecular complexity index is 1180. The van der Waals surface area contributed by atoms with Gasteiger partial charge in [-0.05, 0) is 53.8 Å². The predicted octanol–water partition coefficient (Wildman–Crippen LogP) is 3.41. The van der Waals surface area contributed by atoms with Crippen LogP contribution in [0.5, 0.6) is 0 Å². The maximum atomic E-state index is 12.1. The smallest absolute Gasteiger partial charge is 0.390 e. The zero-order chi connectivity index (χ0) is 19.7. The summed E-state index contributed by atoms with van der Waals surface area (Å²) in [6.45, 7) is 1.88. The fourth-order valence-electron chi connectivity index (χ4n) is 2.64. The average Bonchev–Trinajstić information content (AvgIpc) is 3.29. The Morgan fingerprint density at radius 2 is 2.04 bits per heavy atom. The number of carbonyl (C=O) groups excluding carboxylic acids is 1. The summed E-state index contributed by atoms with van der Waals surface area (Å²) in [5.74, 6) is -0.897. The molecule has 0 radical (unpaired) electrons. The van der Waals surface area contributed by atoms with Crippen molar-refractivity contribution in [1.82, 2.24) is 19.7 Å². The number of nitrogens with one attached hydrogen (secondary N) is 1. The number of nitro groups is 1. The van der Waals surface area contributed by atoms with Crippen LogP contribution in [0.2, 0.25) is 0 Å². The van der Waals surface area contributed by atoms with Crippen LogP contribution in [0, 0.1) is 17.0 Å². The molecule has 0 saturated carbocycles. The summed E-state index contributed by atoms with van der Waals surface area (Å²) in [5, 5.41) is 17.8. The Kier molecular flexibility index (Phi) is 4.53. The highest BCUT2D eigenvalue weighted by atomic mass is 32.1. The van der Waals surface area contributed by atoms with Crippen molar-refractivity contribution in [3.05, 3.63) is 64.5 Å². The first kappa shape index (κ1) is 17.7. The normalized spacial score (nSPS) is 10.9. The zero-order valence-corrected chi connectivity index (χ0v) is 15.5. The van der Waals surface area contributed by atoms with Gasteiger partial charge in [0.05, 0.1) is 10.2 Å². The quantitative estimate of drug-likeness (QED) is 0.410. The van der Waals surface area contributed by atoms with Crippen LogP contribution in [0.3, 0.4) is 0 Å². The van der Waals surface area contributed by atoms with Gasteiger partial charge >= 0.3 is 5.95 Å². The number of aromatic nitrogens is 4. The minimum absolute atomic E-state index is 0.167. The number of thiazole rings is 1. The van der Waals surface area contributed by atoms with Crippen molar-refractivity contribution >= 4 is 39.1 Å². The Hall–Kier alpha value is -3.66. The summed E-state index contributed by atoms with van der Waals surface area (Å²) in [7, 11) is 0. The van der Waals surface area contributed by atoms with Crippen LogP contribution in [0.15, 0.2) is 48.8 Å². The van der Waals surface area contributed by atoms with Crippen molar-refractivity contribution < 1.29 is 9.72 Å². The molecule has 0 atom stereocenters. The molecule has 4 rings (SSSR count). The number of anilines is 1. The summed E-state index contributed by atoms with van der Waals surface area (Å²) >= 11 is 1.62. The van der Waals surface area contributed by atoms with E-state index in [1.807, 2.05) is 31.2 Å². The van der Waals surface area contributed by atoms with E-state index in [-0.39, 0.29) is 12.5 Å². The lowest BCUT2D eigenvalue weighted by Gasteiger charge is -2.04. The van der Waals surface area contributed by atoms with Crippen LogP contribution in [0.4, 0.5) is 11.6 Å². The van der Waals surface area contributed by atoms with Gasteiger partial charge < -0.3 is 15.4 Å². The van der Waals surface area contributed by atoms with Gasteiger partial charge in [-0.2, -0.15) is 4.68 Å². The summed E-state index contributed by atoms with van der Waals surface area (Å²) in [5.41, 5.74) is 3.73. The molecule has 0 fully saturated rings. The molecule has 0 aliphatic carbocycles. The lowest BCUT2D eigenvalue weighted by atomic mass is 10.2. The molecule has 0 unspecified atom stereocenters. The number of fused-ring (bicyclic) bond motifs is 1. The third-order valence-electron chi connectivity index (χ3n) is 3.95. The van der Waals surface area contributed by atoms with Crippen LogP contribution in [0.1, 0.15) is 5.56 Å². The van der Waals surface area contributed by atoms with Crippen molar-refractivity contribution in [2.24, 2.45) is 0 Å². The van der Waals surface area contributed by atoms with Gasteiger partial charge in [-0.25, -0.2) is 4.98 Å². The SMILES string of the molecule is Cc1ccc2nc(-c3ccc(NC(=O)Cn4cnc([N+](=O)[O-])n4)cc3)sc2c1. The van der Waals surface area contributed by atoms with E-state index in [4.69, 9.17) is 0 Å². The largest absolute Gasteiger partial charge is 0.490 e. The average molecular weight is 394 g/mol. The monoisotopic (exact) mass is 394 g/mol. The van der Waals surface area contributed by atoms with E-state index in [1.54, 1.807) is 23.5 Å². The number of benzene rings is 2. The molecule has 0 spiro atoms. The van der Waals surface area contributed by atoms with E-state index < -0.39 is 10.9 Å². The second-order valence-electron chi connectivity index (χ2n) is 6.11. The molecule has 2 aromatic carbocycles. The Balaban J connectivity index is 1.44. The minimum atomic E-state index is -0.712. The molecule has 140 valence electrons. The zero-order valence-electron chi connectivity index (χ0n) is 14.7. The van der Waals surface area contributed by atoms with Gasteiger partial charge in [0.15, 0.2) is 0 Å². The van der Waals surface area contributed by atoms with Crippen molar-refractivity contribution in [1.29, 1.82) is 0 Å². The van der Waals surface area contributed by atoms with Gasteiger partial charge in [-0.15, -0.1) is 11.3 Å². The van der Waals surface area contributed by atoms with Crippen LogP contribution in [-0.4, -0.2) is 30.6 Å². The molecule has 1 amide bonds. The first-order valence-electron chi connectivity index (χ1n) is 8.29. The van der Waals surface area contributed by atoms with E-state index in [0.717, 1.165) is 31.8 Å². The molecule has 2 heterocycles. The fraction of sp³-hybridized carbons (Fsp3) is 0.111. The van der Waals surface area contributed by atoms with Gasteiger partial charge in [0.25, 0.3) is 0 Å². The van der Waals surface area contributed by atoms with E-state index in [0.29, 0.717) is 5.69 Å². The molecular weight excluding hydrogens is 380 g/mol. The van der Waals surface area contributed by atoms with Gasteiger partial charge in [0.2, 0.25) is 12.2 Å². The lowest BCUT2D eigenvalue weighted by molar-refractivity contribution is -0.394. The van der Waals surface area contributed by atoms with Gasteiger partial charge in [-0.1, -0.05) is 11.1 Å². The molecule has 0 aliphatic rings. The molecule has 2 aromatic heterocycles. The molecular formula is C18H14N6O3S. The van der Waals surface area contributed by atoms with Crippen LogP contribution in [-0.2, 0) is 11.3 Å². The second-order valence-corrected chi connectivity index (χ2v) is 7.15. The molecule has 1 N–H and O–H groups in total. The van der Waals surface area contributed by atoms with Crippen molar-refractivity contribution in [2.45, 2.75) is 13.5 Å². The van der Waals surface area contributed by atoms with Crippen molar-refractivity contribution in [2.75, 3.05) is 5.32 Å². The number of carbonyl (C=O) groups is 1. The summed E-state index contributed by atoms with van der Waals surface area (Å²) in [6, 6.07) is 13.5. The number of nitrogens with zero attached hydrogens (tertiary/aromatic N) is 5. The van der Waals surface area contributed by atoms with Crippen LogP contribution < -0.4 is 5.32 Å². The topological polar surface area (TPSA) is 116 Å². The predicted molar refractivity (Wildman–Crippen MR) is 105 cm³/mol. The third-order valence-corrected chi connectivity index (χ3v) is 5.02. The maximum Gasteiger partial charge on any atom is 0.490 e. The summed E-state index contributed by atoms with van der Waals surface area (Å²) in [6.07, 6.45) is 1.15. The Labute approximate surface area is 162 Å². The molecule has 0 bridgehead atoms. The molecule has 4 aromatic rings. The molecule has 28 heavy (non-hydrogen) atoms. The van der Waals surface area contributed by atoms with E-state index in [9.17, 15) is 14.9 Å².